The molecule has 1 fully saturated rings. The van der Waals surface area contributed by atoms with Gasteiger partial charge in [0.15, 0.2) is 0 Å². The van der Waals surface area contributed by atoms with Gasteiger partial charge in [-0.05, 0) is 32.4 Å². The van der Waals surface area contributed by atoms with E-state index in [0.717, 1.165) is 51.4 Å². The van der Waals surface area contributed by atoms with Crippen LogP contribution >= 0.6 is 0 Å². The second kappa shape index (κ2) is 7.81. The minimum absolute atomic E-state index is 0.314. The smallest absolute Gasteiger partial charge is 0.122 e. The Labute approximate surface area is 122 Å². The molecule has 114 valence electrons. The summed E-state index contributed by atoms with van der Waals surface area (Å²) in [6.07, 6.45) is 4.40. The molecule has 2 atom stereocenters. The predicted molar refractivity (Wildman–Crippen MR) is 80.6 cm³/mol. The number of hydrogen-bond acceptors (Lipinski definition) is 4. The summed E-state index contributed by atoms with van der Waals surface area (Å²) in [5.74, 6) is 1.10. The summed E-state index contributed by atoms with van der Waals surface area (Å²) in [4.78, 5) is 2.50. The topological polar surface area (TPSA) is 37.6 Å². The average Bonchev–Trinajstić information content (AvgIpc) is 2.87. The third-order valence-corrected chi connectivity index (χ3v) is 3.98. The van der Waals surface area contributed by atoms with Crippen LogP contribution in [-0.4, -0.2) is 36.7 Å². The van der Waals surface area contributed by atoms with E-state index >= 15 is 0 Å². The molecule has 2 rings (SSSR count). The molecule has 1 aromatic rings. The molecule has 0 radical (unpaired) electrons. The van der Waals surface area contributed by atoms with E-state index < -0.39 is 0 Å². The van der Waals surface area contributed by atoms with Crippen LogP contribution in [0, 0.1) is 0 Å². The fourth-order valence-corrected chi connectivity index (χ4v) is 2.73. The van der Waals surface area contributed by atoms with Crippen LogP contribution in [0.1, 0.15) is 44.9 Å². The molecule has 4 heteroatoms. The maximum Gasteiger partial charge on any atom is 0.122 e. The molecule has 0 saturated carbocycles. The molecule has 1 aromatic heterocycles. The first-order chi connectivity index (χ1) is 9.74. The van der Waals surface area contributed by atoms with Gasteiger partial charge in [-0.15, -0.1) is 0 Å². The summed E-state index contributed by atoms with van der Waals surface area (Å²) in [6.45, 7) is 11.2. The van der Waals surface area contributed by atoms with E-state index in [0.29, 0.717) is 12.1 Å². The molecule has 1 aliphatic rings. The number of nitrogens with zero attached hydrogens (tertiary/aromatic N) is 1. The van der Waals surface area contributed by atoms with Crippen molar-refractivity contribution in [1.82, 2.24) is 10.2 Å². The molecule has 0 spiro atoms. The highest BCUT2D eigenvalue weighted by atomic mass is 16.5. The van der Waals surface area contributed by atoms with Crippen molar-refractivity contribution in [3.05, 3.63) is 23.7 Å². The minimum Gasteiger partial charge on any atom is -0.468 e. The van der Waals surface area contributed by atoms with Crippen LogP contribution in [0.3, 0.4) is 0 Å². The molecule has 2 heterocycles. The number of nitrogens with one attached hydrogen (secondary N) is 1. The van der Waals surface area contributed by atoms with Crippen molar-refractivity contribution in [3.63, 3.8) is 0 Å². The van der Waals surface area contributed by atoms with Crippen LogP contribution in [0.2, 0.25) is 0 Å². The third kappa shape index (κ3) is 4.08. The summed E-state index contributed by atoms with van der Waals surface area (Å²) < 4.78 is 11.5. The van der Waals surface area contributed by atoms with Crippen molar-refractivity contribution in [2.24, 2.45) is 0 Å². The fraction of sp³-hybridized carbons (Fsp3) is 0.750. The number of hydrogen-bond donors (Lipinski definition) is 1. The van der Waals surface area contributed by atoms with Gasteiger partial charge in [0.2, 0.25) is 0 Å². The van der Waals surface area contributed by atoms with Crippen LogP contribution in [0.25, 0.3) is 0 Å². The highest BCUT2D eigenvalue weighted by Crippen LogP contribution is 2.20. The van der Waals surface area contributed by atoms with Crippen molar-refractivity contribution in [2.45, 2.75) is 58.8 Å². The Kier molecular flexibility index (Phi) is 6.07. The van der Waals surface area contributed by atoms with Crippen molar-refractivity contribution in [2.75, 3.05) is 19.7 Å². The van der Waals surface area contributed by atoms with E-state index in [4.69, 9.17) is 9.15 Å². The Hall–Kier alpha value is -0.840. The molecule has 0 aliphatic carbocycles. The van der Waals surface area contributed by atoms with Crippen LogP contribution in [0.15, 0.2) is 16.7 Å². The molecule has 4 nitrogen and oxygen atoms in total. The third-order valence-electron chi connectivity index (χ3n) is 3.98. The SMILES string of the molecule is CCCNCc1ccoc1CN1CC(C)OCC1CC. The molecule has 2 unspecified atom stereocenters. The molecule has 20 heavy (non-hydrogen) atoms. The number of ether oxygens (including phenoxy) is 1. The van der Waals surface area contributed by atoms with Crippen molar-refractivity contribution in [1.29, 1.82) is 0 Å². The number of morpholine rings is 1. The Morgan fingerprint density at radius 2 is 2.25 bits per heavy atom. The van der Waals surface area contributed by atoms with E-state index in [9.17, 15) is 0 Å². The largest absolute Gasteiger partial charge is 0.468 e. The molecule has 1 saturated heterocycles. The van der Waals surface area contributed by atoms with Gasteiger partial charge in [0.25, 0.3) is 0 Å². The molecule has 0 aromatic carbocycles. The zero-order valence-electron chi connectivity index (χ0n) is 13.0. The molecule has 1 aliphatic heterocycles. The van der Waals surface area contributed by atoms with Crippen molar-refractivity contribution in [3.8, 4) is 0 Å². The van der Waals surface area contributed by atoms with E-state index in [1.807, 2.05) is 6.26 Å². The Morgan fingerprint density at radius 3 is 3.00 bits per heavy atom. The summed E-state index contributed by atoms with van der Waals surface area (Å²) in [7, 11) is 0. The van der Waals surface area contributed by atoms with Gasteiger partial charge in [-0.25, -0.2) is 0 Å². The Bertz CT molecular complexity index is 392. The summed E-state index contributed by atoms with van der Waals surface area (Å²) >= 11 is 0. The lowest BCUT2D eigenvalue weighted by Gasteiger charge is -2.37. The van der Waals surface area contributed by atoms with Gasteiger partial charge >= 0.3 is 0 Å². The molecule has 1 N–H and O–H groups in total. The maximum absolute atomic E-state index is 5.76. The van der Waals surface area contributed by atoms with Crippen LogP contribution in [0.5, 0.6) is 0 Å². The summed E-state index contributed by atoms with van der Waals surface area (Å²) in [6, 6.07) is 2.59. The van der Waals surface area contributed by atoms with E-state index in [1.54, 1.807) is 0 Å². The number of rotatable bonds is 7. The lowest BCUT2D eigenvalue weighted by atomic mass is 10.1. The molecular formula is C16H28N2O2. The second-order valence-electron chi connectivity index (χ2n) is 5.68. The molecule has 0 amide bonds. The minimum atomic E-state index is 0.314. The Balaban J connectivity index is 1.95. The van der Waals surface area contributed by atoms with Gasteiger partial charge in [0, 0.05) is 24.7 Å². The first-order valence-corrected chi connectivity index (χ1v) is 7.86. The van der Waals surface area contributed by atoms with Gasteiger partial charge < -0.3 is 14.5 Å². The van der Waals surface area contributed by atoms with Crippen molar-refractivity contribution < 1.29 is 9.15 Å². The normalized spacial score (nSPS) is 24.1. The van der Waals surface area contributed by atoms with Gasteiger partial charge in [0.05, 0.1) is 25.5 Å². The van der Waals surface area contributed by atoms with Gasteiger partial charge in [0.1, 0.15) is 5.76 Å². The van der Waals surface area contributed by atoms with Crippen LogP contribution < -0.4 is 5.32 Å². The highest BCUT2D eigenvalue weighted by Gasteiger charge is 2.26. The van der Waals surface area contributed by atoms with Gasteiger partial charge in [-0.1, -0.05) is 13.8 Å². The zero-order valence-corrected chi connectivity index (χ0v) is 13.0. The van der Waals surface area contributed by atoms with E-state index in [2.05, 4.69) is 37.1 Å². The van der Waals surface area contributed by atoms with E-state index in [1.165, 1.54) is 5.56 Å². The Morgan fingerprint density at radius 1 is 1.40 bits per heavy atom. The van der Waals surface area contributed by atoms with Crippen molar-refractivity contribution >= 4 is 0 Å². The standard InChI is InChI=1S/C16H28N2O2/c1-4-7-17-9-14-6-8-19-16(14)11-18-10-13(3)20-12-15(18)5-2/h6,8,13,15,17H,4-5,7,9-12H2,1-3H3. The number of furan rings is 1. The first kappa shape index (κ1) is 15.5. The zero-order chi connectivity index (χ0) is 14.4. The monoisotopic (exact) mass is 280 g/mol. The summed E-state index contributed by atoms with van der Waals surface area (Å²) in [5.41, 5.74) is 1.28. The molecular weight excluding hydrogens is 252 g/mol. The second-order valence-corrected chi connectivity index (χ2v) is 5.68. The summed E-state index contributed by atoms with van der Waals surface area (Å²) in [5, 5.41) is 3.45. The lowest BCUT2D eigenvalue weighted by Crippen LogP contribution is -2.47. The predicted octanol–water partition coefficient (Wildman–Crippen LogP) is 2.78. The highest BCUT2D eigenvalue weighted by molar-refractivity contribution is 5.17. The molecule has 0 bridgehead atoms. The van der Waals surface area contributed by atoms with Gasteiger partial charge in [-0.3, -0.25) is 4.90 Å². The average molecular weight is 280 g/mol. The lowest BCUT2D eigenvalue weighted by molar-refractivity contribution is -0.0611. The maximum atomic E-state index is 5.76. The first-order valence-electron chi connectivity index (χ1n) is 7.86. The van der Waals surface area contributed by atoms with E-state index in [-0.39, 0.29) is 0 Å². The quantitative estimate of drug-likeness (QED) is 0.779. The fourth-order valence-electron chi connectivity index (χ4n) is 2.73. The van der Waals surface area contributed by atoms with Crippen LogP contribution in [0.4, 0.5) is 0 Å². The van der Waals surface area contributed by atoms with Gasteiger partial charge in [-0.2, -0.15) is 0 Å². The van der Waals surface area contributed by atoms with Crippen LogP contribution in [-0.2, 0) is 17.8 Å².